The van der Waals surface area contributed by atoms with E-state index in [0.29, 0.717) is 49.2 Å². The van der Waals surface area contributed by atoms with E-state index in [4.69, 9.17) is 4.74 Å². The number of nitrogens with zero attached hydrogens (tertiary/aromatic N) is 3. The van der Waals surface area contributed by atoms with Crippen LogP contribution in [0, 0.1) is 0 Å². The summed E-state index contributed by atoms with van der Waals surface area (Å²) < 4.78 is 48.6. The zero-order valence-corrected chi connectivity index (χ0v) is 20.4. The molecule has 2 aliphatic rings. The number of alkyl halides is 3. The van der Waals surface area contributed by atoms with Crippen molar-refractivity contribution < 1.29 is 32.2 Å². The van der Waals surface area contributed by atoms with E-state index in [9.17, 15) is 22.8 Å². The standard InChI is InChI=1S/C25H23F3N4O4S/c26-25(27,28)36-20-7-6-17(19(33)15-21-30-31-22(37-21)16-4-2-1-3-5-16)14-18(20)29-23(34)24(8-9-24)32-10-12-35-13-11-32/h1-7,14H,8-13,15H2,(H,29,34). The first-order valence-electron chi connectivity index (χ1n) is 11.7. The minimum atomic E-state index is -4.97. The van der Waals surface area contributed by atoms with Gasteiger partial charge in [-0.3, -0.25) is 14.5 Å². The molecule has 0 unspecified atom stereocenters. The maximum Gasteiger partial charge on any atom is 0.573 e. The SMILES string of the molecule is O=C(Cc1nnc(-c2ccccc2)s1)c1ccc(OC(F)(F)F)c(NC(=O)C2(N3CCOCC3)CC2)c1. The van der Waals surface area contributed by atoms with E-state index in [1.54, 1.807) is 0 Å². The summed E-state index contributed by atoms with van der Waals surface area (Å²) in [5.74, 6) is -1.39. The van der Waals surface area contributed by atoms with Gasteiger partial charge in [-0.25, -0.2) is 0 Å². The van der Waals surface area contributed by atoms with Crippen LogP contribution in [-0.2, 0) is 16.0 Å². The Morgan fingerprint density at radius 3 is 2.49 bits per heavy atom. The van der Waals surface area contributed by atoms with E-state index in [0.717, 1.165) is 11.6 Å². The van der Waals surface area contributed by atoms with E-state index >= 15 is 0 Å². The second-order valence-corrected chi connectivity index (χ2v) is 9.87. The number of halogens is 3. The topological polar surface area (TPSA) is 93.7 Å². The molecule has 1 aromatic heterocycles. The molecule has 12 heteroatoms. The number of hydrogen-bond donors (Lipinski definition) is 1. The number of carbonyl (C=O) groups excluding carboxylic acids is 2. The summed E-state index contributed by atoms with van der Waals surface area (Å²) in [6.45, 7) is 2.09. The highest BCUT2D eigenvalue weighted by Gasteiger charge is 2.54. The fraction of sp³-hybridized carbons (Fsp3) is 0.360. The molecule has 1 amide bonds. The maximum atomic E-state index is 13.2. The highest BCUT2D eigenvalue weighted by atomic mass is 32.1. The van der Waals surface area contributed by atoms with Crippen LogP contribution in [0.3, 0.4) is 0 Å². The van der Waals surface area contributed by atoms with Crippen molar-refractivity contribution in [3.63, 3.8) is 0 Å². The van der Waals surface area contributed by atoms with E-state index in [1.165, 1.54) is 23.5 Å². The lowest BCUT2D eigenvalue weighted by Crippen LogP contribution is -2.51. The van der Waals surface area contributed by atoms with Gasteiger partial charge in [0.25, 0.3) is 0 Å². The quantitative estimate of drug-likeness (QED) is 0.432. The maximum absolute atomic E-state index is 13.2. The van der Waals surface area contributed by atoms with Crippen molar-refractivity contribution in [2.75, 3.05) is 31.6 Å². The van der Waals surface area contributed by atoms with Crippen molar-refractivity contribution in [3.05, 3.63) is 59.1 Å². The molecule has 5 rings (SSSR count). The molecule has 2 aromatic carbocycles. The summed E-state index contributed by atoms with van der Waals surface area (Å²) >= 11 is 1.26. The molecular formula is C25H23F3N4O4S. The Labute approximate surface area is 214 Å². The first kappa shape index (κ1) is 25.3. The number of hydrogen-bond acceptors (Lipinski definition) is 8. The molecule has 2 heterocycles. The third-order valence-corrected chi connectivity index (χ3v) is 7.31. The molecule has 1 saturated heterocycles. The number of ketones is 1. The third-order valence-electron chi connectivity index (χ3n) is 6.34. The van der Waals surface area contributed by atoms with Crippen LogP contribution in [0.1, 0.15) is 28.2 Å². The normalized spacial score (nSPS) is 17.3. The highest BCUT2D eigenvalue weighted by molar-refractivity contribution is 7.14. The van der Waals surface area contributed by atoms with Gasteiger partial charge in [0, 0.05) is 24.2 Å². The molecule has 194 valence electrons. The van der Waals surface area contributed by atoms with Gasteiger partial charge in [-0.2, -0.15) is 0 Å². The number of anilines is 1. The molecule has 1 saturated carbocycles. The number of nitrogens with one attached hydrogen (secondary N) is 1. The molecule has 8 nitrogen and oxygen atoms in total. The van der Waals surface area contributed by atoms with E-state index < -0.39 is 23.6 Å². The van der Waals surface area contributed by atoms with Crippen LogP contribution in [0.5, 0.6) is 5.75 Å². The molecule has 37 heavy (non-hydrogen) atoms. The average molecular weight is 533 g/mol. The number of aromatic nitrogens is 2. The Bertz CT molecular complexity index is 1290. The minimum absolute atomic E-state index is 0.0882. The van der Waals surface area contributed by atoms with Gasteiger partial charge >= 0.3 is 6.36 Å². The van der Waals surface area contributed by atoms with Crippen molar-refractivity contribution in [2.24, 2.45) is 0 Å². The van der Waals surface area contributed by atoms with Gasteiger partial charge in [-0.15, -0.1) is 23.4 Å². The number of morpholine rings is 1. The van der Waals surface area contributed by atoms with Crippen LogP contribution in [0.25, 0.3) is 10.6 Å². The van der Waals surface area contributed by atoms with Crippen molar-refractivity contribution in [1.82, 2.24) is 15.1 Å². The second kappa shape index (κ2) is 10.2. The third kappa shape index (κ3) is 5.81. The Hall–Kier alpha value is -3.35. The van der Waals surface area contributed by atoms with Crippen LogP contribution in [0.2, 0.25) is 0 Å². The number of ether oxygens (including phenoxy) is 2. The Morgan fingerprint density at radius 1 is 1.08 bits per heavy atom. The molecule has 1 aliphatic carbocycles. The van der Waals surface area contributed by atoms with Crippen LogP contribution in [0.4, 0.5) is 18.9 Å². The lowest BCUT2D eigenvalue weighted by molar-refractivity contribution is -0.274. The summed E-state index contributed by atoms with van der Waals surface area (Å²) in [7, 11) is 0. The largest absolute Gasteiger partial charge is 0.573 e. The number of rotatable bonds is 8. The molecule has 0 atom stereocenters. The first-order chi connectivity index (χ1) is 17.7. The van der Waals surface area contributed by atoms with Crippen molar-refractivity contribution in [2.45, 2.75) is 31.2 Å². The Balaban J connectivity index is 1.35. The predicted molar refractivity (Wildman–Crippen MR) is 129 cm³/mol. The molecule has 2 fully saturated rings. The molecule has 0 bridgehead atoms. The van der Waals surface area contributed by atoms with Gasteiger partial charge in [-0.05, 0) is 31.0 Å². The van der Waals surface area contributed by atoms with E-state index in [1.807, 2.05) is 35.2 Å². The van der Waals surface area contributed by atoms with Crippen LogP contribution >= 0.6 is 11.3 Å². The fourth-order valence-electron chi connectivity index (χ4n) is 4.31. The molecular weight excluding hydrogens is 509 g/mol. The summed E-state index contributed by atoms with van der Waals surface area (Å²) in [6.07, 6.45) is -3.87. The van der Waals surface area contributed by atoms with Gasteiger partial charge in [0.05, 0.1) is 25.3 Å². The summed E-state index contributed by atoms with van der Waals surface area (Å²) in [6, 6.07) is 12.9. The summed E-state index contributed by atoms with van der Waals surface area (Å²) in [4.78, 5) is 28.2. The number of amides is 1. The van der Waals surface area contributed by atoms with Gasteiger partial charge in [0.15, 0.2) is 11.5 Å². The lowest BCUT2D eigenvalue weighted by atomic mass is 10.1. The number of carbonyl (C=O) groups is 2. The molecule has 3 aromatic rings. The van der Waals surface area contributed by atoms with Crippen molar-refractivity contribution in [1.29, 1.82) is 0 Å². The van der Waals surface area contributed by atoms with Gasteiger partial charge in [0.2, 0.25) is 5.91 Å². The van der Waals surface area contributed by atoms with Crippen LogP contribution < -0.4 is 10.1 Å². The van der Waals surface area contributed by atoms with Gasteiger partial charge < -0.3 is 14.8 Å². The Kier molecular flexibility index (Phi) is 6.97. The monoisotopic (exact) mass is 532 g/mol. The summed E-state index contributed by atoms with van der Waals surface area (Å²) in [5, 5.41) is 11.9. The van der Waals surface area contributed by atoms with Crippen molar-refractivity contribution >= 4 is 28.7 Å². The van der Waals surface area contributed by atoms with Crippen LogP contribution in [-0.4, -0.2) is 65.0 Å². The van der Waals surface area contributed by atoms with Gasteiger partial charge in [-0.1, -0.05) is 41.7 Å². The van der Waals surface area contributed by atoms with Crippen molar-refractivity contribution in [3.8, 4) is 16.3 Å². The minimum Gasteiger partial charge on any atom is -0.404 e. The second-order valence-electron chi connectivity index (χ2n) is 8.81. The Morgan fingerprint density at radius 2 is 1.81 bits per heavy atom. The van der Waals surface area contributed by atoms with E-state index in [2.05, 4.69) is 20.3 Å². The smallest absolute Gasteiger partial charge is 0.404 e. The molecule has 1 N–H and O–H groups in total. The number of Topliss-reactive ketones (excluding diaryl/α,β-unsaturated/α-hetero) is 1. The molecule has 1 aliphatic heterocycles. The average Bonchev–Trinajstić information content (AvgIpc) is 3.58. The number of benzene rings is 2. The van der Waals surface area contributed by atoms with Gasteiger partial charge in [0.1, 0.15) is 15.6 Å². The van der Waals surface area contributed by atoms with E-state index in [-0.39, 0.29) is 23.5 Å². The fourth-order valence-corrected chi connectivity index (χ4v) is 5.16. The van der Waals surface area contributed by atoms with Crippen LogP contribution in [0.15, 0.2) is 48.5 Å². The zero-order chi connectivity index (χ0) is 26.0. The zero-order valence-electron chi connectivity index (χ0n) is 19.6. The highest BCUT2D eigenvalue weighted by Crippen LogP contribution is 2.44. The lowest BCUT2D eigenvalue weighted by Gasteiger charge is -2.34. The molecule has 0 radical (unpaired) electrons. The first-order valence-corrected chi connectivity index (χ1v) is 12.5. The summed E-state index contributed by atoms with van der Waals surface area (Å²) in [5.41, 5.74) is -0.0150. The molecule has 0 spiro atoms. The predicted octanol–water partition coefficient (Wildman–Crippen LogP) is 4.33.